The lowest BCUT2D eigenvalue weighted by Crippen LogP contribution is -2.12. The molecule has 4 nitrogen and oxygen atoms in total. The van der Waals surface area contributed by atoms with E-state index in [2.05, 4.69) is 29.7 Å². The standard InChI is InChI=1S/C25H26N2O2/c1-20(29-22-14-6-3-7-15-22)25-26-23-16-8-9-17-24(23)27(25)18-10-11-19-28-21-12-4-2-5-13-21/h2-9,12-17,20H,10-11,18-19H2,1H3. The largest absolute Gasteiger partial charge is 0.494 e. The zero-order valence-corrected chi connectivity index (χ0v) is 16.7. The van der Waals surface area contributed by atoms with Gasteiger partial charge in [-0.3, -0.25) is 0 Å². The number of unbranched alkanes of at least 4 members (excludes halogenated alkanes) is 1. The Bertz CT molecular complexity index is 1030. The van der Waals surface area contributed by atoms with Gasteiger partial charge in [0.15, 0.2) is 11.9 Å². The van der Waals surface area contributed by atoms with E-state index in [9.17, 15) is 0 Å². The maximum absolute atomic E-state index is 6.15. The molecule has 4 rings (SSSR count). The van der Waals surface area contributed by atoms with Crippen molar-refractivity contribution in [2.24, 2.45) is 0 Å². The Morgan fingerprint density at radius 2 is 1.45 bits per heavy atom. The van der Waals surface area contributed by atoms with Crippen molar-refractivity contribution in [3.8, 4) is 11.5 Å². The molecule has 0 amide bonds. The van der Waals surface area contributed by atoms with Gasteiger partial charge in [0.1, 0.15) is 11.5 Å². The number of hydrogen-bond donors (Lipinski definition) is 0. The molecule has 4 heteroatoms. The van der Waals surface area contributed by atoms with E-state index < -0.39 is 0 Å². The first-order valence-electron chi connectivity index (χ1n) is 10.2. The number of aryl methyl sites for hydroxylation is 1. The van der Waals surface area contributed by atoms with E-state index in [4.69, 9.17) is 14.5 Å². The number of nitrogens with zero attached hydrogens (tertiary/aromatic N) is 2. The minimum atomic E-state index is -0.134. The smallest absolute Gasteiger partial charge is 0.153 e. The van der Waals surface area contributed by atoms with Crippen LogP contribution in [0.4, 0.5) is 0 Å². The second-order valence-corrected chi connectivity index (χ2v) is 7.05. The molecule has 0 fully saturated rings. The van der Waals surface area contributed by atoms with Crippen LogP contribution in [0.25, 0.3) is 11.0 Å². The van der Waals surface area contributed by atoms with Crippen LogP contribution in [0.2, 0.25) is 0 Å². The van der Waals surface area contributed by atoms with Crippen molar-refractivity contribution in [3.05, 3.63) is 90.8 Å². The fraction of sp³-hybridized carbons (Fsp3) is 0.240. The average Bonchev–Trinajstić information content (AvgIpc) is 3.14. The van der Waals surface area contributed by atoms with Gasteiger partial charge >= 0.3 is 0 Å². The Labute approximate surface area is 171 Å². The molecule has 0 saturated heterocycles. The van der Waals surface area contributed by atoms with Gasteiger partial charge in [0.25, 0.3) is 0 Å². The predicted octanol–water partition coefficient (Wildman–Crippen LogP) is 6.04. The van der Waals surface area contributed by atoms with Crippen molar-refractivity contribution < 1.29 is 9.47 Å². The first-order chi connectivity index (χ1) is 14.3. The van der Waals surface area contributed by atoms with Crippen LogP contribution in [0, 0.1) is 0 Å². The second kappa shape index (κ2) is 9.28. The highest BCUT2D eigenvalue weighted by molar-refractivity contribution is 5.76. The Kier molecular flexibility index (Phi) is 6.10. The summed E-state index contributed by atoms with van der Waals surface area (Å²) in [6.45, 7) is 3.65. The number of imidazole rings is 1. The summed E-state index contributed by atoms with van der Waals surface area (Å²) in [5.74, 6) is 2.74. The first-order valence-corrected chi connectivity index (χ1v) is 10.2. The fourth-order valence-corrected chi connectivity index (χ4v) is 3.47. The third-order valence-corrected chi connectivity index (χ3v) is 4.89. The summed E-state index contributed by atoms with van der Waals surface area (Å²) >= 11 is 0. The number of fused-ring (bicyclic) bond motifs is 1. The van der Waals surface area contributed by atoms with Crippen molar-refractivity contribution in [1.82, 2.24) is 9.55 Å². The highest BCUT2D eigenvalue weighted by Gasteiger charge is 2.17. The normalized spacial score (nSPS) is 12.0. The Morgan fingerprint density at radius 3 is 2.21 bits per heavy atom. The summed E-state index contributed by atoms with van der Waals surface area (Å²) < 4.78 is 14.3. The molecule has 29 heavy (non-hydrogen) atoms. The lowest BCUT2D eigenvalue weighted by Gasteiger charge is -2.17. The van der Waals surface area contributed by atoms with E-state index in [-0.39, 0.29) is 6.10 Å². The predicted molar refractivity (Wildman–Crippen MR) is 116 cm³/mol. The molecular weight excluding hydrogens is 360 g/mol. The van der Waals surface area contributed by atoms with E-state index in [1.807, 2.05) is 66.7 Å². The van der Waals surface area contributed by atoms with E-state index in [0.717, 1.165) is 47.7 Å². The van der Waals surface area contributed by atoms with Gasteiger partial charge in [0.05, 0.1) is 17.6 Å². The van der Waals surface area contributed by atoms with Crippen LogP contribution in [-0.2, 0) is 6.54 Å². The number of rotatable bonds is 9. The molecule has 0 radical (unpaired) electrons. The van der Waals surface area contributed by atoms with Crippen molar-refractivity contribution >= 4 is 11.0 Å². The number of ether oxygens (including phenoxy) is 2. The highest BCUT2D eigenvalue weighted by atomic mass is 16.5. The quantitative estimate of drug-likeness (QED) is 0.329. The third-order valence-electron chi connectivity index (χ3n) is 4.89. The molecule has 1 heterocycles. The van der Waals surface area contributed by atoms with Crippen LogP contribution in [0.15, 0.2) is 84.9 Å². The summed E-state index contributed by atoms with van der Waals surface area (Å²) in [6, 6.07) is 28.1. The van der Waals surface area contributed by atoms with Crippen molar-refractivity contribution in [2.75, 3.05) is 6.61 Å². The van der Waals surface area contributed by atoms with Crippen molar-refractivity contribution in [3.63, 3.8) is 0 Å². The molecule has 1 atom stereocenters. The van der Waals surface area contributed by atoms with E-state index >= 15 is 0 Å². The molecule has 1 unspecified atom stereocenters. The summed E-state index contributed by atoms with van der Waals surface area (Å²) in [7, 11) is 0. The molecule has 0 N–H and O–H groups in total. The maximum atomic E-state index is 6.15. The molecule has 0 aliphatic rings. The molecule has 3 aromatic carbocycles. The van der Waals surface area contributed by atoms with Crippen molar-refractivity contribution in [1.29, 1.82) is 0 Å². The van der Waals surface area contributed by atoms with Gasteiger partial charge in [-0.1, -0.05) is 48.5 Å². The monoisotopic (exact) mass is 386 g/mol. The zero-order chi connectivity index (χ0) is 19.9. The molecule has 148 valence electrons. The van der Waals surface area contributed by atoms with E-state index in [1.54, 1.807) is 0 Å². The molecule has 0 bridgehead atoms. The molecule has 4 aromatic rings. The highest BCUT2D eigenvalue weighted by Crippen LogP contribution is 2.25. The van der Waals surface area contributed by atoms with Crippen LogP contribution in [-0.4, -0.2) is 16.2 Å². The number of hydrogen-bond acceptors (Lipinski definition) is 3. The Hall–Kier alpha value is -3.27. The molecule has 0 aliphatic carbocycles. The van der Waals surface area contributed by atoms with Crippen LogP contribution in [0.3, 0.4) is 0 Å². The lowest BCUT2D eigenvalue weighted by atomic mass is 10.2. The lowest BCUT2D eigenvalue weighted by molar-refractivity contribution is 0.211. The topological polar surface area (TPSA) is 36.3 Å². The van der Waals surface area contributed by atoms with Gasteiger partial charge in [-0.15, -0.1) is 0 Å². The number of aromatic nitrogens is 2. The molecule has 0 spiro atoms. The molecule has 0 saturated carbocycles. The van der Waals surface area contributed by atoms with Gasteiger partial charge in [-0.2, -0.15) is 0 Å². The number of para-hydroxylation sites is 4. The summed E-state index contributed by atoms with van der Waals surface area (Å²) in [5, 5.41) is 0. The SMILES string of the molecule is CC(Oc1ccccc1)c1nc2ccccc2n1CCCCOc1ccccc1. The van der Waals surface area contributed by atoms with Crippen LogP contribution in [0.1, 0.15) is 31.7 Å². The minimum absolute atomic E-state index is 0.134. The van der Waals surface area contributed by atoms with Crippen LogP contribution < -0.4 is 9.47 Å². The van der Waals surface area contributed by atoms with Gasteiger partial charge < -0.3 is 14.0 Å². The minimum Gasteiger partial charge on any atom is -0.494 e. The van der Waals surface area contributed by atoms with Crippen LogP contribution >= 0.6 is 0 Å². The third kappa shape index (κ3) is 4.77. The fourth-order valence-electron chi connectivity index (χ4n) is 3.47. The summed E-state index contributed by atoms with van der Waals surface area (Å²) in [5.41, 5.74) is 2.15. The van der Waals surface area contributed by atoms with E-state index in [0.29, 0.717) is 6.61 Å². The molecular formula is C25H26N2O2. The Morgan fingerprint density at radius 1 is 0.793 bits per heavy atom. The zero-order valence-electron chi connectivity index (χ0n) is 16.7. The maximum Gasteiger partial charge on any atom is 0.153 e. The first kappa shape index (κ1) is 19.1. The van der Waals surface area contributed by atoms with Crippen molar-refractivity contribution in [2.45, 2.75) is 32.4 Å². The van der Waals surface area contributed by atoms with Gasteiger partial charge in [0.2, 0.25) is 0 Å². The Balaban J connectivity index is 1.43. The van der Waals surface area contributed by atoms with Gasteiger partial charge in [-0.05, 0) is 56.2 Å². The van der Waals surface area contributed by atoms with Gasteiger partial charge in [0, 0.05) is 6.54 Å². The number of benzene rings is 3. The van der Waals surface area contributed by atoms with Gasteiger partial charge in [-0.25, -0.2) is 4.98 Å². The molecule has 1 aromatic heterocycles. The second-order valence-electron chi connectivity index (χ2n) is 7.05. The van der Waals surface area contributed by atoms with E-state index in [1.165, 1.54) is 0 Å². The average molecular weight is 386 g/mol. The molecule has 0 aliphatic heterocycles. The summed E-state index contributed by atoms with van der Waals surface area (Å²) in [4.78, 5) is 4.86. The van der Waals surface area contributed by atoms with Crippen LogP contribution in [0.5, 0.6) is 11.5 Å². The summed E-state index contributed by atoms with van der Waals surface area (Å²) in [6.07, 6.45) is 1.86.